The molecule has 0 radical (unpaired) electrons. The van der Waals surface area contributed by atoms with Gasteiger partial charge in [-0.05, 0) is 79.4 Å². The molecule has 1 aliphatic heterocycles. The van der Waals surface area contributed by atoms with Crippen LogP contribution in [0.2, 0.25) is 5.02 Å². The lowest BCUT2D eigenvalue weighted by atomic mass is 10.2. The van der Waals surface area contributed by atoms with Gasteiger partial charge in [-0.2, -0.15) is 0 Å². The fourth-order valence-corrected chi connectivity index (χ4v) is 3.94. The molecule has 1 aliphatic rings. The van der Waals surface area contributed by atoms with Gasteiger partial charge >= 0.3 is 0 Å². The first kappa shape index (κ1) is 25.4. The molecule has 36 heavy (non-hydrogen) atoms. The first-order chi connectivity index (χ1) is 17.5. The predicted molar refractivity (Wildman–Crippen MR) is 140 cm³/mol. The van der Waals surface area contributed by atoms with Crippen LogP contribution in [0.4, 0.5) is 11.4 Å². The maximum atomic E-state index is 12.6. The van der Waals surface area contributed by atoms with Gasteiger partial charge < -0.3 is 24.4 Å². The normalized spacial score (nSPS) is 12.5. The summed E-state index contributed by atoms with van der Waals surface area (Å²) >= 11 is 5.89. The maximum Gasteiger partial charge on any atom is 0.265 e. The second-order valence-electron chi connectivity index (χ2n) is 8.36. The highest BCUT2D eigenvalue weighted by Gasteiger charge is 2.25. The molecular formula is C28H29ClN2O5. The summed E-state index contributed by atoms with van der Waals surface area (Å²) in [6.45, 7) is 2.99. The smallest absolute Gasteiger partial charge is 0.265 e. The number of carbonyl (C=O) groups is 2. The third-order valence-corrected chi connectivity index (χ3v) is 5.97. The van der Waals surface area contributed by atoms with E-state index in [-0.39, 0.29) is 25.0 Å². The van der Waals surface area contributed by atoms with Crippen LogP contribution < -0.4 is 24.4 Å². The summed E-state index contributed by atoms with van der Waals surface area (Å²) in [5.41, 5.74) is 2.35. The highest BCUT2D eigenvalue weighted by atomic mass is 35.5. The number of hydrogen-bond acceptors (Lipinski definition) is 5. The molecule has 0 aliphatic carbocycles. The van der Waals surface area contributed by atoms with Gasteiger partial charge in [0.25, 0.3) is 11.8 Å². The minimum absolute atomic E-state index is 0.00928. The molecule has 0 saturated heterocycles. The number of rotatable bonds is 11. The molecule has 188 valence electrons. The van der Waals surface area contributed by atoms with E-state index in [4.69, 9.17) is 25.8 Å². The van der Waals surface area contributed by atoms with Crippen LogP contribution in [0.25, 0.3) is 0 Å². The van der Waals surface area contributed by atoms with Gasteiger partial charge in [0.1, 0.15) is 17.2 Å². The van der Waals surface area contributed by atoms with Crippen molar-refractivity contribution in [3.05, 3.63) is 77.3 Å². The van der Waals surface area contributed by atoms with E-state index >= 15 is 0 Å². The zero-order chi connectivity index (χ0) is 25.3. The Morgan fingerprint density at radius 1 is 1.03 bits per heavy atom. The average Bonchev–Trinajstić information content (AvgIpc) is 2.89. The van der Waals surface area contributed by atoms with Crippen molar-refractivity contribution in [2.45, 2.75) is 26.2 Å². The first-order valence-electron chi connectivity index (χ1n) is 12.0. The summed E-state index contributed by atoms with van der Waals surface area (Å²) in [6, 6.07) is 20.2. The van der Waals surface area contributed by atoms with Crippen LogP contribution in [0, 0.1) is 0 Å². The minimum atomic E-state index is -0.286. The number of ether oxygens (including phenoxy) is 3. The molecule has 7 nitrogen and oxygen atoms in total. The van der Waals surface area contributed by atoms with E-state index in [0.29, 0.717) is 41.0 Å². The molecule has 3 aromatic rings. The predicted octanol–water partition coefficient (Wildman–Crippen LogP) is 5.50. The van der Waals surface area contributed by atoms with Crippen LogP contribution in [0.15, 0.2) is 66.7 Å². The van der Waals surface area contributed by atoms with Crippen LogP contribution in [0.3, 0.4) is 0 Å². The zero-order valence-electron chi connectivity index (χ0n) is 20.2. The number of halogens is 1. The fraction of sp³-hybridized carbons (Fsp3) is 0.286. The summed E-state index contributed by atoms with van der Waals surface area (Å²) in [5, 5.41) is 3.50. The van der Waals surface area contributed by atoms with Gasteiger partial charge in [0.2, 0.25) is 0 Å². The largest absolute Gasteiger partial charge is 0.494 e. The molecule has 3 aromatic carbocycles. The van der Waals surface area contributed by atoms with Crippen molar-refractivity contribution >= 4 is 34.8 Å². The van der Waals surface area contributed by atoms with E-state index in [1.54, 1.807) is 35.2 Å². The number of unbranched alkanes of at least 4 members (excludes halogenated alkanes) is 1. The molecule has 1 heterocycles. The summed E-state index contributed by atoms with van der Waals surface area (Å²) < 4.78 is 16.9. The lowest BCUT2D eigenvalue weighted by Crippen LogP contribution is -2.39. The lowest BCUT2D eigenvalue weighted by molar-refractivity contribution is -0.121. The molecule has 0 unspecified atom stereocenters. The molecule has 8 heteroatoms. The Hall–Kier alpha value is -3.71. The topological polar surface area (TPSA) is 77.1 Å². The van der Waals surface area contributed by atoms with Crippen molar-refractivity contribution in [3.8, 4) is 17.2 Å². The molecule has 0 spiro atoms. The number of benzene rings is 3. The van der Waals surface area contributed by atoms with Crippen LogP contribution in [0.5, 0.6) is 17.2 Å². The molecule has 2 amide bonds. The highest BCUT2D eigenvalue weighted by molar-refractivity contribution is 6.30. The third-order valence-electron chi connectivity index (χ3n) is 5.72. The number of amides is 2. The molecule has 1 N–H and O–H groups in total. The molecule has 0 bridgehead atoms. The third kappa shape index (κ3) is 6.92. The van der Waals surface area contributed by atoms with Crippen molar-refractivity contribution in [2.75, 3.05) is 36.6 Å². The van der Waals surface area contributed by atoms with Gasteiger partial charge in [-0.25, -0.2) is 0 Å². The summed E-state index contributed by atoms with van der Waals surface area (Å²) in [5.74, 6) is 1.61. The molecule has 0 fully saturated rings. The van der Waals surface area contributed by atoms with Crippen LogP contribution >= 0.6 is 11.6 Å². The van der Waals surface area contributed by atoms with Crippen LogP contribution in [-0.4, -0.2) is 38.2 Å². The van der Waals surface area contributed by atoms with Crippen LogP contribution in [0.1, 0.15) is 25.3 Å². The van der Waals surface area contributed by atoms with Gasteiger partial charge in [-0.3, -0.25) is 9.59 Å². The molecule has 0 saturated carbocycles. The first-order valence-corrected chi connectivity index (χ1v) is 12.4. The Labute approximate surface area is 215 Å². The van der Waals surface area contributed by atoms with Crippen molar-refractivity contribution < 1.29 is 23.8 Å². The number of carbonyl (C=O) groups excluding carboxylic acids is 2. The van der Waals surface area contributed by atoms with E-state index in [2.05, 4.69) is 12.2 Å². The van der Waals surface area contributed by atoms with Crippen molar-refractivity contribution in [1.82, 2.24) is 0 Å². The fourth-order valence-electron chi connectivity index (χ4n) is 3.82. The SMILES string of the molecule is CCc1cccc(OCC(=O)Nc2ccc3c(c2)N(CCCCOc2ccc(Cl)cc2)C(=O)CO3)c1. The van der Waals surface area contributed by atoms with Gasteiger partial charge in [0.15, 0.2) is 13.2 Å². The lowest BCUT2D eigenvalue weighted by Gasteiger charge is -2.30. The second-order valence-corrected chi connectivity index (χ2v) is 8.80. The number of nitrogens with one attached hydrogen (secondary N) is 1. The second kappa shape index (κ2) is 12.3. The van der Waals surface area contributed by atoms with E-state index in [9.17, 15) is 9.59 Å². The van der Waals surface area contributed by atoms with Gasteiger partial charge in [0.05, 0.1) is 12.3 Å². The Bertz CT molecular complexity index is 1200. The zero-order valence-corrected chi connectivity index (χ0v) is 20.9. The van der Waals surface area contributed by atoms with Crippen molar-refractivity contribution in [2.24, 2.45) is 0 Å². The summed E-state index contributed by atoms with van der Waals surface area (Å²) in [4.78, 5) is 26.7. The van der Waals surface area contributed by atoms with Gasteiger partial charge in [-0.15, -0.1) is 0 Å². The molecule has 0 aromatic heterocycles. The summed E-state index contributed by atoms with van der Waals surface area (Å²) in [7, 11) is 0. The monoisotopic (exact) mass is 508 g/mol. The highest BCUT2D eigenvalue weighted by Crippen LogP contribution is 2.34. The van der Waals surface area contributed by atoms with Crippen molar-refractivity contribution in [3.63, 3.8) is 0 Å². The van der Waals surface area contributed by atoms with E-state index in [1.165, 1.54) is 0 Å². The van der Waals surface area contributed by atoms with Gasteiger partial charge in [0, 0.05) is 17.3 Å². The standard InChI is InChI=1S/C28H29ClN2O5/c1-2-20-6-5-7-24(16-20)35-18-27(32)30-22-10-13-26-25(17-22)31(28(33)19-36-26)14-3-4-15-34-23-11-8-21(29)9-12-23/h5-13,16-17H,2-4,14-15,18-19H2,1H3,(H,30,32). The Morgan fingerprint density at radius 3 is 2.67 bits per heavy atom. The molecular weight excluding hydrogens is 480 g/mol. The number of nitrogens with zero attached hydrogens (tertiary/aromatic N) is 1. The number of hydrogen-bond donors (Lipinski definition) is 1. The molecule has 0 atom stereocenters. The number of aryl methyl sites for hydroxylation is 1. The quantitative estimate of drug-likeness (QED) is 0.346. The summed E-state index contributed by atoms with van der Waals surface area (Å²) in [6.07, 6.45) is 2.42. The van der Waals surface area contributed by atoms with Gasteiger partial charge in [-0.1, -0.05) is 30.7 Å². The maximum absolute atomic E-state index is 12.6. The van der Waals surface area contributed by atoms with E-state index in [0.717, 1.165) is 30.6 Å². The van der Waals surface area contributed by atoms with E-state index in [1.807, 2.05) is 36.4 Å². The average molecular weight is 509 g/mol. The Balaban J connectivity index is 1.30. The Morgan fingerprint density at radius 2 is 1.86 bits per heavy atom. The van der Waals surface area contributed by atoms with E-state index < -0.39 is 0 Å². The van der Waals surface area contributed by atoms with Crippen molar-refractivity contribution in [1.29, 1.82) is 0 Å². The minimum Gasteiger partial charge on any atom is -0.494 e. The number of anilines is 2. The molecule has 4 rings (SSSR count). The Kier molecular flexibility index (Phi) is 8.68. The van der Waals surface area contributed by atoms with Crippen LogP contribution in [-0.2, 0) is 16.0 Å². The number of fused-ring (bicyclic) bond motifs is 1.